The number of nitrogens with one attached hydrogen (secondary N) is 2. The first-order valence-electron chi connectivity index (χ1n) is 12.4. The molecular weight excluding hydrogens is 487 g/mol. The second-order valence-electron chi connectivity index (χ2n) is 9.61. The van der Waals surface area contributed by atoms with E-state index in [0.717, 1.165) is 25.9 Å². The predicted molar refractivity (Wildman–Crippen MR) is 131 cm³/mol. The third-order valence-electron chi connectivity index (χ3n) is 7.25. The molecule has 0 aliphatic carbocycles. The summed E-state index contributed by atoms with van der Waals surface area (Å²) in [4.78, 5) is 6.94. The molecule has 1 atom stereocenters. The predicted octanol–water partition coefficient (Wildman–Crippen LogP) is 3.48. The molecule has 2 N–H and O–H groups in total. The molecule has 6 rings (SSSR count). The molecule has 10 nitrogen and oxygen atoms in total. The molecule has 0 aromatic carbocycles. The minimum atomic E-state index is -4.63. The molecule has 0 spiro atoms. The Balaban J connectivity index is 1.61. The van der Waals surface area contributed by atoms with Gasteiger partial charge in [-0.1, -0.05) is 0 Å². The standard InChI is InChI=1S/C24H28F3N9O/c1-14-13-37-10-9-34(14)20-11-17(18-12-30-36(23(18)31-20)19-5-8-29-32-19)21-15(2)35(16-3-6-28-7-4-16)33-22(21)24(25,26)27/h5,8,11-12,14,16,28H,3-4,6-7,9-10,13H2,1-2H3,(H,29,32)/t14-/m1/s1. The molecule has 6 heterocycles. The smallest absolute Gasteiger partial charge is 0.377 e. The maximum Gasteiger partial charge on any atom is 0.435 e. The van der Waals surface area contributed by atoms with Crippen LogP contribution in [0.5, 0.6) is 0 Å². The first kappa shape index (κ1) is 23.9. The molecule has 13 heteroatoms. The normalized spacial score (nSPS) is 19.7. The molecule has 2 saturated heterocycles. The van der Waals surface area contributed by atoms with Crippen molar-refractivity contribution in [3.8, 4) is 16.9 Å². The zero-order valence-corrected chi connectivity index (χ0v) is 20.6. The second-order valence-corrected chi connectivity index (χ2v) is 9.61. The van der Waals surface area contributed by atoms with Crippen molar-refractivity contribution in [2.45, 2.75) is 44.9 Å². The van der Waals surface area contributed by atoms with Crippen LogP contribution < -0.4 is 10.2 Å². The van der Waals surface area contributed by atoms with Crippen LogP contribution in [0.25, 0.3) is 28.0 Å². The van der Waals surface area contributed by atoms with Crippen molar-refractivity contribution < 1.29 is 17.9 Å². The Bertz CT molecular complexity index is 1400. The van der Waals surface area contributed by atoms with E-state index in [1.807, 2.05) is 6.92 Å². The molecule has 4 aromatic rings. The fourth-order valence-electron chi connectivity index (χ4n) is 5.40. The Morgan fingerprint density at radius 3 is 2.70 bits per heavy atom. The molecule has 0 bridgehead atoms. The Hall–Kier alpha value is -3.45. The van der Waals surface area contributed by atoms with Crippen LogP contribution in [0.2, 0.25) is 0 Å². The lowest BCUT2D eigenvalue weighted by Gasteiger charge is -2.34. The van der Waals surface area contributed by atoms with Gasteiger partial charge in [0.15, 0.2) is 17.2 Å². The number of ether oxygens (including phenoxy) is 1. The summed E-state index contributed by atoms with van der Waals surface area (Å²) in [6, 6.07) is 3.39. The maximum atomic E-state index is 14.5. The number of H-pyrrole nitrogens is 1. The highest BCUT2D eigenvalue weighted by Gasteiger charge is 2.41. The van der Waals surface area contributed by atoms with Crippen LogP contribution in [-0.2, 0) is 10.9 Å². The van der Waals surface area contributed by atoms with Gasteiger partial charge in [0.05, 0.1) is 37.7 Å². The van der Waals surface area contributed by atoms with E-state index in [4.69, 9.17) is 9.72 Å². The molecule has 0 radical (unpaired) electrons. The fourth-order valence-corrected chi connectivity index (χ4v) is 5.40. The van der Waals surface area contributed by atoms with E-state index < -0.39 is 11.9 Å². The first-order valence-corrected chi connectivity index (χ1v) is 12.4. The Kier molecular flexibility index (Phi) is 5.91. The number of fused-ring (bicyclic) bond motifs is 1. The van der Waals surface area contributed by atoms with Gasteiger partial charge in [0.1, 0.15) is 5.82 Å². The zero-order valence-electron chi connectivity index (χ0n) is 20.6. The number of hydrogen-bond donors (Lipinski definition) is 2. The summed E-state index contributed by atoms with van der Waals surface area (Å²) in [5.41, 5.74) is 0.532. The molecule has 0 amide bonds. The van der Waals surface area contributed by atoms with Crippen LogP contribution in [0.4, 0.5) is 19.0 Å². The second kappa shape index (κ2) is 9.14. The van der Waals surface area contributed by atoms with E-state index in [1.165, 1.54) is 0 Å². The molecule has 2 aliphatic rings. The fraction of sp³-hybridized carbons (Fsp3) is 0.500. The van der Waals surface area contributed by atoms with Gasteiger partial charge in [-0.3, -0.25) is 9.78 Å². The lowest BCUT2D eigenvalue weighted by molar-refractivity contribution is -0.141. The maximum absolute atomic E-state index is 14.5. The van der Waals surface area contributed by atoms with Crippen molar-refractivity contribution in [2.24, 2.45) is 0 Å². The largest absolute Gasteiger partial charge is 0.435 e. The van der Waals surface area contributed by atoms with Gasteiger partial charge in [0.25, 0.3) is 0 Å². The highest BCUT2D eigenvalue weighted by Crippen LogP contribution is 2.43. The van der Waals surface area contributed by atoms with Gasteiger partial charge < -0.3 is 15.0 Å². The van der Waals surface area contributed by atoms with E-state index in [9.17, 15) is 13.2 Å². The van der Waals surface area contributed by atoms with Crippen LogP contribution in [0.15, 0.2) is 24.5 Å². The number of hydrogen-bond acceptors (Lipinski definition) is 7. The van der Waals surface area contributed by atoms with Crippen LogP contribution in [0, 0.1) is 6.92 Å². The molecule has 0 saturated carbocycles. The molecule has 37 heavy (non-hydrogen) atoms. The summed E-state index contributed by atoms with van der Waals surface area (Å²) in [5.74, 6) is 1.14. The number of aromatic amines is 1. The van der Waals surface area contributed by atoms with Crippen LogP contribution in [-0.4, -0.2) is 73.6 Å². The number of nitrogens with zero attached hydrogens (tertiary/aromatic N) is 7. The van der Waals surface area contributed by atoms with Crippen molar-refractivity contribution in [1.29, 1.82) is 0 Å². The average Bonchev–Trinajstić information content (AvgIpc) is 3.62. The quantitative estimate of drug-likeness (QED) is 0.429. The number of halogens is 3. The number of piperidine rings is 1. The summed E-state index contributed by atoms with van der Waals surface area (Å²) in [5, 5.41) is 19.3. The third kappa shape index (κ3) is 4.15. The van der Waals surface area contributed by atoms with E-state index in [0.29, 0.717) is 53.7 Å². The van der Waals surface area contributed by atoms with Gasteiger partial charge in [0.2, 0.25) is 0 Å². The number of aromatic nitrogens is 7. The molecule has 2 aliphatic heterocycles. The lowest BCUT2D eigenvalue weighted by atomic mass is 10.00. The highest BCUT2D eigenvalue weighted by atomic mass is 19.4. The monoisotopic (exact) mass is 515 g/mol. The molecule has 4 aromatic heterocycles. The van der Waals surface area contributed by atoms with E-state index in [2.05, 4.69) is 30.6 Å². The van der Waals surface area contributed by atoms with Crippen LogP contribution >= 0.6 is 0 Å². The minimum absolute atomic E-state index is 0.00993. The topological polar surface area (TPSA) is 102 Å². The number of morpholine rings is 1. The number of pyridine rings is 1. The van der Waals surface area contributed by atoms with Gasteiger partial charge in [-0.25, -0.2) is 4.98 Å². The van der Waals surface area contributed by atoms with Gasteiger partial charge in [-0.15, -0.1) is 0 Å². The average molecular weight is 516 g/mol. The summed E-state index contributed by atoms with van der Waals surface area (Å²) in [7, 11) is 0. The van der Waals surface area contributed by atoms with E-state index in [-0.39, 0.29) is 17.6 Å². The minimum Gasteiger partial charge on any atom is -0.377 e. The SMILES string of the molecule is Cc1c(-c2cc(N3CCOC[C@H]3C)nc3c2cnn3-c2ccn[nH]2)c(C(F)(F)F)nn1C1CCNCC1. The first-order chi connectivity index (χ1) is 17.8. The number of rotatable bonds is 4. The van der Waals surface area contributed by atoms with Crippen molar-refractivity contribution in [3.05, 3.63) is 35.9 Å². The van der Waals surface area contributed by atoms with Crippen molar-refractivity contribution in [2.75, 3.05) is 37.7 Å². The van der Waals surface area contributed by atoms with Crippen molar-refractivity contribution in [1.82, 2.24) is 40.1 Å². The number of alkyl halides is 3. The summed E-state index contributed by atoms with van der Waals surface area (Å²) in [6.45, 7) is 6.83. The molecule has 2 fully saturated rings. The van der Waals surface area contributed by atoms with Gasteiger partial charge in [-0.05, 0) is 45.8 Å². The lowest BCUT2D eigenvalue weighted by Crippen LogP contribution is -2.44. The van der Waals surface area contributed by atoms with Gasteiger partial charge in [0, 0.05) is 34.8 Å². The van der Waals surface area contributed by atoms with E-state index in [1.54, 1.807) is 40.8 Å². The Labute approximate surface area is 210 Å². The van der Waals surface area contributed by atoms with Gasteiger partial charge in [-0.2, -0.15) is 33.1 Å². The molecular formula is C24H28F3N9O. The summed E-state index contributed by atoms with van der Waals surface area (Å²) >= 11 is 0. The van der Waals surface area contributed by atoms with Gasteiger partial charge >= 0.3 is 6.18 Å². The van der Waals surface area contributed by atoms with Crippen molar-refractivity contribution >= 4 is 16.9 Å². The van der Waals surface area contributed by atoms with Crippen LogP contribution in [0.3, 0.4) is 0 Å². The highest BCUT2D eigenvalue weighted by molar-refractivity contribution is 5.96. The summed E-state index contributed by atoms with van der Waals surface area (Å²) < 4.78 is 52.2. The number of anilines is 1. The van der Waals surface area contributed by atoms with Crippen LogP contribution in [0.1, 0.15) is 37.2 Å². The molecule has 196 valence electrons. The third-order valence-corrected chi connectivity index (χ3v) is 7.25. The molecule has 0 unspecified atom stereocenters. The zero-order chi connectivity index (χ0) is 25.7. The Morgan fingerprint density at radius 2 is 2.00 bits per heavy atom. The Morgan fingerprint density at radius 1 is 1.19 bits per heavy atom. The van der Waals surface area contributed by atoms with E-state index >= 15 is 0 Å². The summed E-state index contributed by atoms with van der Waals surface area (Å²) in [6.07, 6.45) is -0.0304. The van der Waals surface area contributed by atoms with Crippen molar-refractivity contribution in [3.63, 3.8) is 0 Å².